The molecule has 2 aromatic rings. The summed E-state index contributed by atoms with van der Waals surface area (Å²) in [5.41, 5.74) is 6.67. The van der Waals surface area contributed by atoms with Gasteiger partial charge in [0.25, 0.3) is 11.8 Å². The van der Waals surface area contributed by atoms with E-state index in [1.807, 2.05) is 25.4 Å². The van der Waals surface area contributed by atoms with Crippen molar-refractivity contribution >= 4 is 27.7 Å². The molecule has 2 amide bonds. The largest absolute Gasteiger partial charge is 0.353 e. The van der Waals surface area contributed by atoms with Gasteiger partial charge in [-0.3, -0.25) is 25.3 Å². The molecular weight excluding hydrogens is 384 g/mol. The summed E-state index contributed by atoms with van der Waals surface area (Å²) in [6.07, 6.45) is 4.12. The average molecular weight is 405 g/mol. The van der Waals surface area contributed by atoms with Crippen LogP contribution in [0.2, 0.25) is 0 Å². The fourth-order valence-electron chi connectivity index (χ4n) is 3.23. The van der Waals surface area contributed by atoms with Gasteiger partial charge in [0.2, 0.25) is 0 Å². The van der Waals surface area contributed by atoms with Crippen LogP contribution >= 0.6 is 15.9 Å². The van der Waals surface area contributed by atoms with E-state index in [2.05, 4.69) is 42.3 Å². The minimum Gasteiger partial charge on any atom is -0.353 e. The summed E-state index contributed by atoms with van der Waals surface area (Å²) >= 11 is 3.33. The van der Waals surface area contributed by atoms with E-state index in [-0.39, 0.29) is 24.4 Å². The monoisotopic (exact) mass is 404 g/mol. The molecular formula is C18H21BrN4O2. The normalized spacial score (nSPS) is 17.4. The van der Waals surface area contributed by atoms with Gasteiger partial charge in [0, 0.05) is 23.4 Å². The molecule has 25 heavy (non-hydrogen) atoms. The number of carbonyl (C=O) groups is 2. The predicted octanol–water partition coefficient (Wildman–Crippen LogP) is 2.39. The van der Waals surface area contributed by atoms with Gasteiger partial charge in [-0.15, -0.1) is 0 Å². The van der Waals surface area contributed by atoms with Crippen molar-refractivity contribution in [3.63, 3.8) is 0 Å². The van der Waals surface area contributed by atoms with Gasteiger partial charge in [0.1, 0.15) is 0 Å². The number of nitrogens with zero attached hydrogens (tertiary/aromatic N) is 2. The minimum atomic E-state index is -0.346. The zero-order chi connectivity index (χ0) is 17.8. The smallest absolute Gasteiger partial charge is 0.270 e. The lowest BCUT2D eigenvalue weighted by molar-refractivity contribution is -0.123. The molecule has 2 N–H and O–H groups in total. The molecule has 3 rings (SSSR count). The maximum Gasteiger partial charge on any atom is 0.270 e. The first-order valence-corrected chi connectivity index (χ1v) is 9.04. The summed E-state index contributed by atoms with van der Waals surface area (Å²) < 4.78 is 2.78. The van der Waals surface area contributed by atoms with Crippen molar-refractivity contribution in [2.24, 2.45) is 7.05 Å². The molecule has 0 spiro atoms. The Morgan fingerprint density at radius 3 is 2.72 bits per heavy atom. The molecule has 1 atom stereocenters. The highest BCUT2D eigenvalue weighted by molar-refractivity contribution is 9.10. The van der Waals surface area contributed by atoms with E-state index >= 15 is 0 Å². The number of rotatable bonds is 4. The molecule has 0 unspecified atom stereocenters. The Hall–Kier alpha value is -2.12. The SMILES string of the molecule is Cn1cccc1[C@H]1CCCN1CC(=O)NNC(=O)c1ccccc1Br. The summed E-state index contributed by atoms with van der Waals surface area (Å²) in [4.78, 5) is 26.5. The number of hydrazine groups is 1. The van der Waals surface area contributed by atoms with Crippen molar-refractivity contribution in [2.45, 2.75) is 18.9 Å². The molecule has 1 aliphatic heterocycles. The third-order valence-electron chi connectivity index (χ3n) is 4.47. The van der Waals surface area contributed by atoms with Gasteiger partial charge in [-0.1, -0.05) is 12.1 Å². The van der Waals surface area contributed by atoms with Crippen LogP contribution in [-0.4, -0.2) is 34.4 Å². The van der Waals surface area contributed by atoms with Crippen molar-refractivity contribution in [3.8, 4) is 0 Å². The summed E-state index contributed by atoms with van der Waals surface area (Å²) in [6.45, 7) is 1.13. The van der Waals surface area contributed by atoms with Crippen molar-refractivity contribution in [1.29, 1.82) is 0 Å². The summed E-state index contributed by atoms with van der Waals surface area (Å²) in [5, 5.41) is 0. The van der Waals surface area contributed by atoms with Crippen LogP contribution in [-0.2, 0) is 11.8 Å². The van der Waals surface area contributed by atoms with Crippen LogP contribution in [0.4, 0.5) is 0 Å². The number of nitrogens with one attached hydrogen (secondary N) is 2. The quantitative estimate of drug-likeness (QED) is 0.768. The minimum absolute atomic E-state index is 0.221. The van der Waals surface area contributed by atoms with Crippen LogP contribution in [0.1, 0.15) is 34.9 Å². The Morgan fingerprint density at radius 1 is 1.20 bits per heavy atom. The highest BCUT2D eigenvalue weighted by atomic mass is 79.9. The molecule has 0 aliphatic carbocycles. The number of amides is 2. The summed E-state index contributed by atoms with van der Waals surface area (Å²) in [5.74, 6) is -0.567. The Kier molecular flexibility index (Phi) is 5.55. The van der Waals surface area contributed by atoms with E-state index in [1.165, 1.54) is 5.69 Å². The zero-order valence-electron chi connectivity index (χ0n) is 14.0. The van der Waals surface area contributed by atoms with Gasteiger partial charge < -0.3 is 4.57 Å². The fourth-order valence-corrected chi connectivity index (χ4v) is 3.70. The molecule has 7 heteroatoms. The summed E-state index contributed by atoms with van der Waals surface area (Å²) in [7, 11) is 2.02. The highest BCUT2D eigenvalue weighted by Crippen LogP contribution is 2.31. The summed E-state index contributed by atoms with van der Waals surface area (Å²) in [6, 6.07) is 11.4. The number of benzene rings is 1. The Labute approximate surface area is 155 Å². The van der Waals surface area contributed by atoms with Crippen LogP contribution in [0.5, 0.6) is 0 Å². The Bertz CT molecular complexity index is 774. The van der Waals surface area contributed by atoms with Gasteiger partial charge in [-0.25, -0.2) is 0 Å². The second kappa shape index (κ2) is 7.84. The maximum atomic E-state index is 12.2. The van der Waals surface area contributed by atoms with Gasteiger partial charge in [0.05, 0.1) is 18.2 Å². The number of aromatic nitrogens is 1. The third-order valence-corrected chi connectivity index (χ3v) is 5.16. The van der Waals surface area contributed by atoms with Gasteiger partial charge in [0.15, 0.2) is 0 Å². The first-order chi connectivity index (χ1) is 12.1. The first-order valence-electron chi connectivity index (χ1n) is 8.25. The molecule has 2 heterocycles. The van der Waals surface area contributed by atoms with Crippen molar-refractivity contribution in [2.75, 3.05) is 13.1 Å². The van der Waals surface area contributed by atoms with Gasteiger partial charge in [-0.05, 0) is 59.6 Å². The zero-order valence-corrected chi connectivity index (χ0v) is 15.6. The van der Waals surface area contributed by atoms with Crippen LogP contribution in [0.15, 0.2) is 47.1 Å². The molecule has 0 bridgehead atoms. The van der Waals surface area contributed by atoms with Gasteiger partial charge in [-0.2, -0.15) is 0 Å². The number of hydrogen-bond donors (Lipinski definition) is 2. The van der Waals surface area contributed by atoms with Crippen molar-refractivity contribution in [1.82, 2.24) is 20.3 Å². The van der Waals surface area contributed by atoms with Crippen LogP contribution in [0.25, 0.3) is 0 Å². The van der Waals surface area contributed by atoms with E-state index in [1.54, 1.807) is 18.2 Å². The van der Waals surface area contributed by atoms with Crippen LogP contribution in [0.3, 0.4) is 0 Å². The molecule has 132 valence electrons. The molecule has 1 aromatic heterocycles. The second-order valence-corrected chi connectivity index (χ2v) is 7.01. The molecule has 0 radical (unpaired) electrons. The third kappa shape index (κ3) is 4.11. The Balaban J connectivity index is 1.55. The van der Waals surface area contributed by atoms with Crippen molar-refractivity contribution in [3.05, 3.63) is 58.3 Å². The molecule has 0 saturated carbocycles. The van der Waals surface area contributed by atoms with E-state index < -0.39 is 0 Å². The van der Waals surface area contributed by atoms with Gasteiger partial charge >= 0.3 is 0 Å². The molecule has 1 aliphatic rings. The van der Waals surface area contributed by atoms with E-state index in [0.29, 0.717) is 10.0 Å². The van der Waals surface area contributed by atoms with Crippen molar-refractivity contribution < 1.29 is 9.59 Å². The lowest BCUT2D eigenvalue weighted by Crippen LogP contribution is -2.46. The highest BCUT2D eigenvalue weighted by Gasteiger charge is 2.29. The first kappa shape index (κ1) is 17.7. The van der Waals surface area contributed by atoms with E-state index in [4.69, 9.17) is 0 Å². The lowest BCUT2D eigenvalue weighted by atomic mass is 10.1. The standard InChI is InChI=1S/C18H21BrN4O2/c1-22-10-4-8-15(22)16-9-5-11-23(16)12-17(24)20-21-18(25)13-6-2-3-7-14(13)19/h2-4,6-8,10,16H,5,9,11-12H2,1H3,(H,20,24)(H,21,25)/t16-/m1/s1. The molecule has 6 nitrogen and oxygen atoms in total. The lowest BCUT2D eigenvalue weighted by Gasteiger charge is -2.24. The molecule has 1 fully saturated rings. The molecule has 1 saturated heterocycles. The number of aryl methyl sites for hydroxylation is 1. The topological polar surface area (TPSA) is 66.4 Å². The predicted molar refractivity (Wildman–Crippen MR) is 98.7 cm³/mol. The van der Waals surface area contributed by atoms with E-state index in [0.717, 1.165) is 19.4 Å². The fraction of sp³-hybridized carbons (Fsp3) is 0.333. The number of likely N-dealkylation sites (tertiary alicyclic amines) is 1. The second-order valence-electron chi connectivity index (χ2n) is 6.15. The number of hydrogen-bond acceptors (Lipinski definition) is 3. The van der Waals surface area contributed by atoms with Crippen LogP contribution in [0, 0.1) is 0 Å². The Morgan fingerprint density at radius 2 is 2.00 bits per heavy atom. The number of halogens is 1. The number of carbonyl (C=O) groups excluding carboxylic acids is 2. The van der Waals surface area contributed by atoms with Crippen LogP contribution < -0.4 is 10.9 Å². The van der Waals surface area contributed by atoms with E-state index in [9.17, 15) is 9.59 Å². The maximum absolute atomic E-state index is 12.2. The molecule has 1 aromatic carbocycles. The average Bonchev–Trinajstić information content (AvgIpc) is 3.21.